The van der Waals surface area contributed by atoms with Crippen molar-refractivity contribution >= 4 is 22.1 Å². The van der Waals surface area contributed by atoms with Crippen molar-refractivity contribution in [3.63, 3.8) is 0 Å². The second-order valence-electron chi connectivity index (χ2n) is 5.09. The number of alkyl halides is 2. The van der Waals surface area contributed by atoms with Gasteiger partial charge in [-0.1, -0.05) is 0 Å². The largest absolute Gasteiger partial charge is 0.469 e. The summed E-state index contributed by atoms with van der Waals surface area (Å²) in [6.07, 6.45) is -0.250. The summed E-state index contributed by atoms with van der Waals surface area (Å²) in [5.74, 6) is -4.03. The van der Waals surface area contributed by atoms with Crippen molar-refractivity contribution in [2.24, 2.45) is 11.8 Å². The van der Waals surface area contributed by atoms with Gasteiger partial charge in [0.1, 0.15) is 0 Å². The molecular weight excluding hydrogens is 330 g/mol. The van der Waals surface area contributed by atoms with Crippen LogP contribution in [0.5, 0.6) is 0 Å². The Bertz CT molecular complexity index is 575. The van der Waals surface area contributed by atoms with Gasteiger partial charge >= 0.3 is 27.3 Å². The molecule has 2 rings (SSSR count). The van der Waals surface area contributed by atoms with E-state index in [4.69, 9.17) is 9.29 Å². The quantitative estimate of drug-likeness (QED) is 0.546. The molecule has 2 fully saturated rings. The number of hydrogen-bond donors (Lipinski definition) is 1. The maximum Gasteiger partial charge on any atom is 0.402 e. The first-order valence-electron chi connectivity index (χ1n) is 6.33. The van der Waals surface area contributed by atoms with Crippen molar-refractivity contribution in [3.8, 4) is 0 Å². The SMILES string of the molecule is COC(=O)C1C2CCC(O2)C1C(=O)OCC(F)(F)S(=O)(=O)O. The van der Waals surface area contributed by atoms with Crippen LogP contribution in [0.2, 0.25) is 0 Å². The molecule has 0 spiro atoms. The molecule has 2 heterocycles. The first-order valence-corrected chi connectivity index (χ1v) is 7.77. The number of ether oxygens (including phenoxy) is 3. The molecule has 0 aromatic heterocycles. The zero-order chi connectivity index (χ0) is 16.7. The minimum atomic E-state index is -5.70. The molecule has 0 amide bonds. The van der Waals surface area contributed by atoms with E-state index in [1.807, 2.05) is 0 Å². The third-order valence-corrected chi connectivity index (χ3v) is 4.65. The van der Waals surface area contributed by atoms with E-state index in [0.29, 0.717) is 12.8 Å². The Hall–Kier alpha value is -1.33. The molecule has 0 radical (unpaired) electrons. The van der Waals surface area contributed by atoms with Crippen LogP contribution in [0.25, 0.3) is 0 Å². The lowest BCUT2D eigenvalue weighted by molar-refractivity contribution is -0.163. The Balaban J connectivity index is 2.07. The number of rotatable bonds is 5. The standard InChI is InChI=1S/C11H14F2O8S/c1-19-9(14)7-5-2-3-6(21-5)8(7)10(15)20-4-11(12,13)22(16,17)18/h5-8H,2-4H2,1H3,(H,16,17,18). The second kappa shape index (κ2) is 5.70. The fourth-order valence-corrected chi connectivity index (χ4v) is 2.95. The molecular formula is C11H14F2O8S. The van der Waals surface area contributed by atoms with Crippen LogP contribution in [0.4, 0.5) is 8.78 Å². The maximum atomic E-state index is 13.0. The predicted molar refractivity (Wildman–Crippen MR) is 64.3 cm³/mol. The third kappa shape index (κ3) is 2.92. The molecule has 2 aliphatic rings. The summed E-state index contributed by atoms with van der Waals surface area (Å²) in [6.45, 7) is -1.84. The zero-order valence-electron chi connectivity index (χ0n) is 11.4. The van der Waals surface area contributed by atoms with Gasteiger partial charge in [0.2, 0.25) is 0 Å². The number of carbonyl (C=O) groups excluding carboxylic acids is 2. The average Bonchev–Trinajstić information content (AvgIpc) is 3.03. The van der Waals surface area contributed by atoms with Crippen LogP contribution in [-0.2, 0) is 33.9 Å². The highest BCUT2D eigenvalue weighted by Crippen LogP contribution is 2.44. The lowest BCUT2D eigenvalue weighted by Gasteiger charge is -2.24. The Kier molecular flexibility index (Phi) is 4.42. The first-order chi connectivity index (χ1) is 10.1. The van der Waals surface area contributed by atoms with Crippen molar-refractivity contribution in [2.75, 3.05) is 13.7 Å². The van der Waals surface area contributed by atoms with Gasteiger partial charge in [0, 0.05) is 0 Å². The fraction of sp³-hybridized carbons (Fsp3) is 0.818. The normalized spacial score (nSPS) is 31.1. The molecule has 2 aliphatic heterocycles. The topological polar surface area (TPSA) is 116 Å². The Morgan fingerprint density at radius 2 is 1.73 bits per heavy atom. The summed E-state index contributed by atoms with van der Waals surface area (Å²) in [6, 6.07) is 0. The van der Waals surface area contributed by atoms with Crippen LogP contribution < -0.4 is 0 Å². The molecule has 4 unspecified atom stereocenters. The Morgan fingerprint density at radius 3 is 2.18 bits per heavy atom. The van der Waals surface area contributed by atoms with E-state index >= 15 is 0 Å². The molecule has 8 nitrogen and oxygen atoms in total. The Morgan fingerprint density at radius 1 is 1.23 bits per heavy atom. The van der Waals surface area contributed by atoms with E-state index in [0.717, 1.165) is 7.11 Å². The number of esters is 2. The van der Waals surface area contributed by atoms with E-state index in [-0.39, 0.29) is 0 Å². The highest BCUT2D eigenvalue weighted by atomic mass is 32.2. The third-order valence-electron chi connectivity index (χ3n) is 3.78. The smallest absolute Gasteiger partial charge is 0.402 e. The monoisotopic (exact) mass is 344 g/mol. The minimum Gasteiger partial charge on any atom is -0.469 e. The molecule has 0 aromatic carbocycles. The highest BCUT2D eigenvalue weighted by Gasteiger charge is 2.57. The summed E-state index contributed by atoms with van der Waals surface area (Å²) in [5.41, 5.74) is 0. The lowest BCUT2D eigenvalue weighted by atomic mass is 9.79. The van der Waals surface area contributed by atoms with Gasteiger partial charge in [0.05, 0.1) is 31.2 Å². The van der Waals surface area contributed by atoms with Crippen molar-refractivity contribution in [2.45, 2.75) is 30.3 Å². The minimum absolute atomic E-state index is 0.451. The summed E-state index contributed by atoms with van der Waals surface area (Å²) < 4.78 is 69.6. The lowest BCUT2D eigenvalue weighted by Crippen LogP contribution is -2.42. The van der Waals surface area contributed by atoms with Gasteiger partial charge in [-0.05, 0) is 12.8 Å². The predicted octanol–water partition coefficient (Wildman–Crippen LogP) is -0.0232. The molecule has 126 valence electrons. The maximum absolute atomic E-state index is 13.0. The van der Waals surface area contributed by atoms with Crippen molar-refractivity contribution < 1.29 is 45.6 Å². The highest BCUT2D eigenvalue weighted by molar-refractivity contribution is 7.86. The summed E-state index contributed by atoms with van der Waals surface area (Å²) in [4.78, 5) is 23.6. The molecule has 4 atom stereocenters. The van der Waals surface area contributed by atoms with Crippen molar-refractivity contribution in [3.05, 3.63) is 0 Å². The van der Waals surface area contributed by atoms with Gasteiger partial charge in [0.25, 0.3) is 0 Å². The van der Waals surface area contributed by atoms with Gasteiger partial charge in [-0.3, -0.25) is 14.1 Å². The van der Waals surface area contributed by atoms with Crippen molar-refractivity contribution in [1.82, 2.24) is 0 Å². The summed E-state index contributed by atoms with van der Waals surface area (Å²) >= 11 is 0. The molecule has 0 saturated carbocycles. The first kappa shape index (κ1) is 17.0. The van der Waals surface area contributed by atoms with E-state index < -0.39 is 58.0 Å². The number of halogens is 2. The Labute approximate surface area is 124 Å². The number of fused-ring (bicyclic) bond motifs is 2. The zero-order valence-corrected chi connectivity index (χ0v) is 12.2. The molecule has 11 heteroatoms. The van der Waals surface area contributed by atoms with Crippen molar-refractivity contribution in [1.29, 1.82) is 0 Å². The van der Waals surface area contributed by atoms with Gasteiger partial charge in [0.15, 0.2) is 6.61 Å². The fourth-order valence-electron chi connectivity index (χ4n) is 2.74. The number of hydrogen-bond acceptors (Lipinski definition) is 7. The van der Waals surface area contributed by atoms with Gasteiger partial charge in [-0.15, -0.1) is 0 Å². The van der Waals surface area contributed by atoms with E-state index in [1.54, 1.807) is 0 Å². The van der Waals surface area contributed by atoms with Crippen LogP contribution >= 0.6 is 0 Å². The van der Waals surface area contributed by atoms with Gasteiger partial charge in [-0.2, -0.15) is 17.2 Å². The van der Waals surface area contributed by atoms with Crippen LogP contribution in [-0.4, -0.2) is 56.1 Å². The number of carbonyl (C=O) groups is 2. The molecule has 2 bridgehead atoms. The second-order valence-corrected chi connectivity index (χ2v) is 6.63. The van der Waals surface area contributed by atoms with Crippen LogP contribution in [0.15, 0.2) is 0 Å². The van der Waals surface area contributed by atoms with E-state index in [2.05, 4.69) is 9.47 Å². The van der Waals surface area contributed by atoms with Crippen LogP contribution in [0.3, 0.4) is 0 Å². The van der Waals surface area contributed by atoms with Gasteiger partial charge < -0.3 is 14.2 Å². The average molecular weight is 344 g/mol. The summed E-state index contributed by atoms with van der Waals surface area (Å²) in [5, 5.41) is -4.62. The molecule has 1 N–H and O–H groups in total. The summed E-state index contributed by atoms with van der Waals surface area (Å²) in [7, 11) is -4.59. The van der Waals surface area contributed by atoms with E-state index in [9.17, 15) is 26.8 Å². The molecule has 2 saturated heterocycles. The number of methoxy groups -OCH3 is 1. The molecule has 22 heavy (non-hydrogen) atoms. The van der Waals surface area contributed by atoms with Crippen LogP contribution in [0, 0.1) is 11.8 Å². The van der Waals surface area contributed by atoms with E-state index in [1.165, 1.54) is 0 Å². The molecule has 0 aromatic rings. The van der Waals surface area contributed by atoms with Gasteiger partial charge in [-0.25, -0.2) is 0 Å². The molecule has 0 aliphatic carbocycles. The van der Waals surface area contributed by atoms with Crippen LogP contribution in [0.1, 0.15) is 12.8 Å².